The van der Waals surface area contributed by atoms with Crippen LogP contribution >= 0.6 is 0 Å². The third-order valence-electron chi connectivity index (χ3n) is 8.34. The van der Waals surface area contributed by atoms with Crippen LogP contribution in [0.15, 0.2) is 76.5 Å². The average molecular weight is 683 g/mol. The molecule has 1 heterocycles. The van der Waals surface area contributed by atoms with Crippen LogP contribution in [0.1, 0.15) is 39.9 Å². The summed E-state index contributed by atoms with van der Waals surface area (Å²) in [5.74, 6) is -1.62. The maximum absolute atomic E-state index is 15.0. The van der Waals surface area contributed by atoms with Gasteiger partial charge in [0.15, 0.2) is 9.84 Å². The zero-order valence-corrected chi connectivity index (χ0v) is 24.3. The molecule has 0 radical (unpaired) electrons. The Morgan fingerprint density at radius 1 is 0.844 bits per heavy atom. The topological polar surface area (TPSA) is 115 Å². The van der Waals surface area contributed by atoms with Gasteiger partial charge in [0.1, 0.15) is 10.6 Å². The van der Waals surface area contributed by atoms with Gasteiger partial charge >= 0.3 is 18.0 Å². The van der Waals surface area contributed by atoms with Gasteiger partial charge in [-0.25, -0.2) is 30.8 Å². The fourth-order valence-electron chi connectivity index (χ4n) is 6.27. The van der Waals surface area contributed by atoms with E-state index in [0.29, 0.717) is 12.1 Å². The number of likely N-dealkylation sites (tertiary alicyclic amines) is 1. The van der Waals surface area contributed by atoms with E-state index in [-0.39, 0.29) is 42.1 Å². The number of rotatable bonds is 5. The number of sulfonamides is 1. The lowest BCUT2D eigenvalue weighted by atomic mass is 9.76. The summed E-state index contributed by atoms with van der Waals surface area (Å²) in [6, 6.07) is 8.12. The molecule has 5 rings (SSSR count). The molecule has 242 valence electrons. The van der Waals surface area contributed by atoms with Gasteiger partial charge in [-0.1, -0.05) is 24.3 Å². The van der Waals surface area contributed by atoms with Gasteiger partial charge in [0.2, 0.25) is 10.0 Å². The van der Waals surface area contributed by atoms with Gasteiger partial charge in [-0.3, -0.25) is 4.79 Å². The molecule has 3 aromatic rings. The van der Waals surface area contributed by atoms with E-state index in [2.05, 4.69) is 0 Å². The quantitative estimate of drug-likeness (QED) is 0.290. The lowest BCUT2D eigenvalue weighted by molar-refractivity contribution is -0.348. The first-order valence-corrected chi connectivity index (χ1v) is 16.1. The Balaban J connectivity index is 1.70. The van der Waals surface area contributed by atoms with Gasteiger partial charge < -0.3 is 4.90 Å². The number of hydrogen-bond donors (Lipinski definition) is 1. The molecule has 45 heavy (non-hydrogen) atoms. The van der Waals surface area contributed by atoms with Gasteiger partial charge in [0.25, 0.3) is 5.91 Å². The first-order chi connectivity index (χ1) is 20.7. The number of nitrogens with zero attached hydrogens (tertiary/aromatic N) is 1. The lowest BCUT2D eigenvalue weighted by Gasteiger charge is -2.43. The second-order valence-corrected chi connectivity index (χ2v) is 14.5. The predicted molar refractivity (Wildman–Crippen MR) is 142 cm³/mol. The Bertz CT molecular complexity index is 1880. The third-order valence-corrected chi connectivity index (χ3v) is 11.8. The van der Waals surface area contributed by atoms with E-state index in [1.807, 2.05) is 0 Å². The van der Waals surface area contributed by atoms with Crippen LogP contribution in [0.3, 0.4) is 0 Å². The molecule has 0 bridgehead atoms. The maximum atomic E-state index is 15.0. The Labute approximate surface area is 251 Å². The highest BCUT2D eigenvalue weighted by molar-refractivity contribution is 7.92. The van der Waals surface area contributed by atoms with Crippen LogP contribution in [-0.4, -0.2) is 52.6 Å². The highest BCUT2D eigenvalue weighted by Gasteiger charge is 2.73. The molecule has 1 amide bonds. The van der Waals surface area contributed by atoms with Crippen molar-refractivity contribution in [3.63, 3.8) is 0 Å². The van der Waals surface area contributed by atoms with E-state index in [4.69, 9.17) is 5.14 Å². The van der Waals surface area contributed by atoms with Crippen molar-refractivity contribution in [2.45, 2.75) is 57.9 Å². The minimum atomic E-state index is -6.41. The standard InChI is InChI=1S/C28H22F8N2O5S2/c29-19-6-8-20(9-7-19)44(40,41)25-12-13-38(24(39)17-2-1-3-21(15-17)45(37,42)43)23(25)11-4-16-14-18(5-10-22(16)25)26(30,27(31,32)33)28(34,35)36/h1-3,5-10,14-15,23H,4,11-13H2,(H2,37,42,43)/t23-,25-/m1/s1. The number of aryl methyl sites for hydroxylation is 1. The molecule has 7 nitrogen and oxygen atoms in total. The van der Waals surface area contributed by atoms with Crippen LogP contribution in [0.2, 0.25) is 0 Å². The molecule has 3 aromatic carbocycles. The summed E-state index contributed by atoms with van der Waals surface area (Å²) in [5.41, 5.74) is -8.29. The Morgan fingerprint density at radius 3 is 2.04 bits per heavy atom. The van der Waals surface area contributed by atoms with Crippen molar-refractivity contribution < 1.29 is 56.8 Å². The molecular formula is C28H22F8N2O5S2. The molecule has 2 aliphatic rings. The van der Waals surface area contributed by atoms with Gasteiger partial charge in [-0.2, -0.15) is 26.3 Å². The van der Waals surface area contributed by atoms with Crippen LogP contribution in [-0.2, 0) is 36.7 Å². The lowest BCUT2D eigenvalue weighted by Crippen LogP contribution is -2.53. The zero-order chi connectivity index (χ0) is 33.4. The molecule has 2 atom stereocenters. The van der Waals surface area contributed by atoms with Crippen molar-refractivity contribution >= 4 is 25.8 Å². The number of nitrogens with two attached hydrogens (primary N) is 1. The molecule has 17 heteroatoms. The van der Waals surface area contributed by atoms with Crippen molar-refractivity contribution in [2.75, 3.05) is 6.54 Å². The van der Waals surface area contributed by atoms with E-state index < -0.39 is 82.2 Å². The average Bonchev–Trinajstić information content (AvgIpc) is 3.36. The van der Waals surface area contributed by atoms with Gasteiger partial charge in [-0.15, -0.1) is 0 Å². The first-order valence-electron chi connectivity index (χ1n) is 13.1. The number of fused-ring (bicyclic) bond motifs is 3. The van der Waals surface area contributed by atoms with Crippen LogP contribution in [0.4, 0.5) is 35.1 Å². The highest BCUT2D eigenvalue weighted by Crippen LogP contribution is 2.56. The number of hydrogen-bond acceptors (Lipinski definition) is 5. The molecule has 0 spiro atoms. The number of carbonyl (C=O) groups excluding carboxylic acids is 1. The minimum absolute atomic E-state index is 0.185. The zero-order valence-electron chi connectivity index (χ0n) is 22.7. The largest absolute Gasteiger partial charge is 0.435 e. The smallest absolute Gasteiger partial charge is 0.334 e. The van der Waals surface area contributed by atoms with E-state index in [1.165, 1.54) is 12.1 Å². The summed E-state index contributed by atoms with van der Waals surface area (Å²) in [6.45, 7) is -0.289. The predicted octanol–water partition coefficient (Wildman–Crippen LogP) is 5.29. The fourth-order valence-corrected chi connectivity index (χ4v) is 9.20. The Morgan fingerprint density at radius 2 is 1.47 bits per heavy atom. The second kappa shape index (κ2) is 10.5. The fraction of sp³-hybridized carbons (Fsp3) is 0.321. The number of halogens is 8. The van der Waals surface area contributed by atoms with E-state index in [9.17, 15) is 56.8 Å². The summed E-state index contributed by atoms with van der Waals surface area (Å²) >= 11 is 0. The van der Waals surface area contributed by atoms with Crippen molar-refractivity contribution in [1.29, 1.82) is 0 Å². The second-order valence-electron chi connectivity index (χ2n) is 10.7. The third kappa shape index (κ3) is 4.99. The van der Waals surface area contributed by atoms with Crippen LogP contribution in [0, 0.1) is 5.82 Å². The molecule has 1 aliphatic heterocycles. The van der Waals surface area contributed by atoms with E-state index >= 15 is 0 Å². The van der Waals surface area contributed by atoms with Crippen LogP contribution in [0.5, 0.6) is 0 Å². The normalized spacial score (nSPS) is 20.9. The first kappa shape index (κ1) is 32.8. The number of primary sulfonamides is 1. The Hall–Kier alpha value is -3.57. The molecule has 1 aliphatic carbocycles. The highest BCUT2D eigenvalue weighted by atomic mass is 32.2. The molecule has 0 saturated carbocycles. The molecule has 1 fully saturated rings. The van der Waals surface area contributed by atoms with Gasteiger partial charge in [0, 0.05) is 17.7 Å². The summed E-state index contributed by atoms with van der Waals surface area (Å²) in [7, 11) is -8.94. The monoisotopic (exact) mass is 682 g/mol. The van der Waals surface area contributed by atoms with Crippen LogP contribution in [0.25, 0.3) is 0 Å². The minimum Gasteiger partial charge on any atom is -0.334 e. The molecule has 0 aromatic heterocycles. The Kier molecular flexibility index (Phi) is 7.64. The van der Waals surface area contributed by atoms with Crippen molar-refractivity contribution in [3.8, 4) is 0 Å². The van der Waals surface area contributed by atoms with Crippen LogP contribution < -0.4 is 5.14 Å². The van der Waals surface area contributed by atoms with Gasteiger partial charge in [-0.05, 0) is 72.9 Å². The van der Waals surface area contributed by atoms with E-state index in [1.54, 1.807) is 0 Å². The van der Waals surface area contributed by atoms with E-state index in [0.717, 1.165) is 41.3 Å². The van der Waals surface area contributed by atoms with Crippen molar-refractivity contribution in [1.82, 2.24) is 4.90 Å². The molecular weight excluding hydrogens is 660 g/mol. The SMILES string of the molecule is NS(=O)(=O)c1cccc(C(=O)N2CC[C@@]3(S(=O)(=O)c4ccc(F)cc4)c4ccc(C(F)(C(F)(F)F)C(F)(F)F)cc4CC[C@@H]23)c1. The number of alkyl halides is 7. The number of benzene rings is 3. The summed E-state index contributed by atoms with van der Waals surface area (Å²) in [5, 5.41) is 5.16. The van der Waals surface area contributed by atoms with Gasteiger partial charge in [0.05, 0.1) is 15.8 Å². The summed E-state index contributed by atoms with van der Waals surface area (Å²) in [4.78, 5) is 14.0. The summed E-state index contributed by atoms with van der Waals surface area (Å²) < 4.78 is 160. The van der Waals surface area contributed by atoms with Crippen molar-refractivity contribution in [3.05, 3.63) is 94.8 Å². The number of amides is 1. The number of sulfone groups is 1. The summed E-state index contributed by atoms with van der Waals surface area (Å²) in [6.07, 6.45) is -13.9. The molecule has 0 unspecified atom stereocenters. The number of carbonyl (C=O) groups is 1. The van der Waals surface area contributed by atoms with Crippen molar-refractivity contribution in [2.24, 2.45) is 5.14 Å². The molecule has 1 saturated heterocycles. The molecule has 2 N–H and O–H groups in total. The maximum Gasteiger partial charge on any atom is 0.435 e.